The van der Waals surface area contributed by atoms with E-state index in [4.69, 9.17) is 0 Å². The first-order chi connectivity index (χ1) is 12.5. The zero-order valence-corrected chi connectivity index (χ0v) is 15.2. The van der Waals surface area contributed by atoms with Gasteiger partial charge in [0.05, 0.1) is 0 Å². The molecule has 0 aliphatic rings. The molecular weight excluding hydrogens is 328 g/mol. The highest BCUT2D eigenvalue weighted by atomic mass is 16.2. The first-order valence-corrected chi connectivity index (χ1v) is 8.73. The molecule has 136 valence electrons. The molecular formula is C21H24N2O3. The van der Waals surface area contributed by atoms with E-state index in [-0.39, 0.29) is 30.4 Å². The van der Waals surface area contributed by atoms with Gasteiger partial charge in [0, 0.05) is 37.6 Å². The lowest BCUT2D eigenvalue weighted by atomic mass is 10.0. The molecule has 2 rings (SSSR count). The van der Waals surface area contributed by atoms with Crippen LogP contribution in [0.1, 0.15) is 51.6 Å². The number of aryl methyl sites for hydroxylation is 1. The van der Waals surface area contributed by atoms with Crippen LogP contribution in [0.25, 0.3) is 0 Å². The molecule has 2 N–H and O–H groups in total. The van der Waals surface area contributed by atoms with E-state index in [2.05, 4.69) is 17.6 Å². The van der Waals surface area contributed by atoms with Gasteiger partial charge in [-0.05, 0) is 29.7 Å². The number of hydrogen-bond acceptors (Lipinski definition) is 3. The van der Waals surface area contributed by atoms with Crippen LogP contribution in [0.5, 0.6) is 0 Å². The topological polar surface area (TPSA) is 75.3 Å². The molecule has 26 heavy (non-hydrogen) atoms. The molecule has 0 aliphatic heterocycles. The van der Waals surface area contributed by atoms with Crippen LogP contribution in [0.15, 0.2) is 48.5 Å². The average molecular weight is 352 g/mol. The van der Waals surface area contributed by atoms with Crippen LogP contribution in [0.3, 0.4) is 0 Å². The number of carbonyl (C=O) groups excluding carboxylic acids is 3. The summed E-state index contributed by atoms with van der Waals surface area (Å²) in [5.74, 6) is -0.392. The normalized spacial score (nSPS) is 10.2. The van der Waals surface area contributed by atoms with Crippen molar-refractivity contribution >= 4 is 17.6 Å². The molecule has 0 aliphatic carbocycles. The van der Waals surface area contributed by atoms with Gasteiger partial charge in [-0.15, -0.1) is 0 Å². The third-order valence-electron chi connectivity index (χ3n) is 4.17. The molecule has 0 saturated heterocycles. The fourth-order valence-corrected chi connectivity index (χ4v) is 2.55. The molecule has 5 heteroatoms. The Morgan fingerprint density at radius 2 is 1.62 bits per heavy atom. The number of benzene rings is 2. The third kappa shape index (κ3) is 5.55. The van der Waals surface area contributed by atoms with Crippen LogP contribution in [0.2, 0.25) is 0 Å². The summed E-state index contributed by atoms with van der Waals surface area (Å²) in [5, 5.41) is 5.35. The molecule has 0 aromatic heterocycles. The van der Waals surface area contributed by atoms with Crippen molar-refractivity contribution in [3.63, 3.8) is 0 Å². The number of carbonyl (C=O) groups is 3. The largest absolute Gasteiger partial charge is 0.355 e. The van der Waals surface area contributed by atoms with E-state index in [0.717, 1.165) is 12.0 Å². The van der Waals surface area contributed by atoms with Gasteiger partial charge in [0.15, 0.2) is 5.78 Å². The van der Waals surface area contributed by atoms with Crippen LogP contribution in [0, 0.1) is 0 Å². The summed E-state index contributed by atoms with van der Waals surface area (Å²) < 4.78 is 0. The van der Waals surface area contributed by atoms with Gasteiger partial charge in [-0.1, -0.05) is 43.3 Å². The summed E-state index contributed by atoms with van der Waals surface area (Å²) >= 11 is 0. The quantitative estimate of drug-likeness (QED) is 0.717. The highest BCUT2D eigenvalue weighted by Crippen LogP contribution is 2.09. The summed E-state index contributed by atoms with van der Waals surface area (Å²) in [6, 6.07) is 14.6. The number of amides is 2. The Kier molecular flexibility index (Phi) is 7.09. The summed E-state index contributed by atoms with van der Waals surface area (Å²) in [6.45, 7) is 2.38. The van der Waals surface area contributed by atoms with E-state index in [1.54, 1.807) is 25.2 Å². The van der Waals surface area contributed by atoms with Crippen molar-refractivity contribution in [2.75, 3.05) is 7.05 Å². The van der Waals surface area contributed by atoms with Gasteiger partial charge < -0.3 is 10.6 Å². The molecule has 0 unspecified atom stereocenters. The number of rotatable bonds is 8. The molecule has 0 saturated carbocycles. The molecule has 2 aromatic rings. The highest BCUT2D eigenvalue weighted by Gasteiger charge is 2.10. The summed E-state index contributed by atoms with van der Waals surface area (Å²) in [5.41, 5.74) is 3.19. The Hall–Kier alpha value is -2.95. The van der Waals surface area contributed by atoms with Crippen LogP contribution in [0.4, 0.5) is 0 Å². The number of Topliss-reactive ketones (excluding diaryl/α,β-unsaturated/α-hetero) is 1. The monoisotopic (exact) mass is 352 g/mol. The van der Waals surface area contributed by atoms with E-state index in [1.807, 2.05) is 30.3 Å². The molecule has 0 spiro atoms. The lowest BCUT2D eigenvalue weighted by Gasteiger charge is -2.07. The third-order valence-corrected chi connectivity index (χ3v) is 4.17. The van der Waals surface area contributed by atoms with Crippen LogP contribution in [-0.4, -0.2) is 24.6 Å². The molecule has 0 heterocycles. The van der Waals surface area contributed by atoms with E-state index < -0.39 is 0 Å². The predicted molar refractivity (Wildman–Crippen MR) is 101 cm³/mol. The predicted octanol–water partition coefficient (Wildman–Crippen LogP) is 2.89. The van der Waals surface area contributed by atoms with E-state index in [1.165, 1.54) is 5.56 Å². The van der Waals surface area contributed by atoms with E-state index in [0.29, 0.717) is 17.7 Å². The molecule has 5 nitrogen and oxygen atoms in total. The Bertz CT molecular complexity index is 782. The maximum atomic E-state index is 12.2. The lowest BCUT2D eigenvalue weighted by Crippen LogP contribution is -2.24. The first kappa shape index (κ1) is 19.4. The second-order valence-corrected chi connectivity index (χ2v) is 6.03. The first-order valence-electron chi connectivity index (χ1n) is 8.73. The summed E-state index contributed by atoms with van der Waals surface area (Å²) in [6.07, 6.45) is 1.25. The van der Waals surface area contributed by atoms with Gasteiger partial charge in [0.1, 0.15) is 0 Å². The molecule has 0 fully saturated rings. The van der Waals surface area contributed by atoms with Crippen molar-refractivity contribution in [1.29, 1.82) is 0 Å². The zero-order valence-electron chi connectivity index (χ0n) is 15.2. The molecule has 2 aromatic carbocycles. The van der Waals surface area contributed by atoms with Gasteiger partial charge in [-0.25, -0.2) is 0 Å². The minimum atomic E-state index is -0.186. The van der Waals surface area contributed by atoms with Gasteiger partial charge in [-0.3, -0.25) is 14.4 Å². The van der Waals surface area contributed by atoms with Crippen molar-refractivity contribution in [2.24, 2.45) is 0 Å². The number of ketones is 1. The van der Waals surface area contributed by atoms with Crippen molar-refractivity contribution in [1.82, 2.24) is 10.6 Å². The Labute approximate surface area is 153 Å². The minimum Gasteiger partial charge on any atom is -0.355 e. The van der Waals surface area contributed by atoms with Gasteiger partial charge >= 0.3 is 0 Å². The van der Waals surface area contributed by atoms with Gasteiger partial charge in [-0.2, -0.15) is 0 Å². The van der Waals surface area contributed by atoms with Gasteiger partial charge in [0.25, 0.3) is 5.91 Å². The van der Waals surface area contributed by atoms with Crippen LogP contribution in [-0.2, 0) is 17.8 Å². The van der Waals surface area contributed by atoms with Crippen molar-refractivity contribution in [3.05, 3.63) is 70.8 Å². The second kappa shape index (κ2) is 9.51. The van der Waals surface area contributed by atoms with Crippen LogP contribution < -0.4 is 10.6 Å². The fraction of sp³-hybridized carbons (Fsp3) is 0.286. The van der Waals surface area contributed by atoms with Crippen molar-refractivity contribution in [2.45, 2.75) is 32.7 Å². The smallest absolute Gasteiger partial charge is 0.251 e. The minimum absolute atomic E-state index is 0.0376. The van der Waals surface area contributed by atoms with Crippen molar-refractivity contribution in [3.8, 4) is 0 Å². The molecule has 2 amide bonds. The standard InChI is InChI=1S/C21H24N2O3/c1-3-15-7-9-17(10-8-15)19(24)11-12-20(25)23-14-16-5-4-6-18(13-16)21(26)22-2/h4-10,13H,3,11-12,14H2,1-2H3,(H,22,26)(H,23,25). The molecule has 0 radical (unpaired) electrons. The Morgan fingerprint density at radius 3 is 2.27 bits per heavy atom. The van der Waals surface area contributed by atoms with E-state index in [9.17, 15) is 14.4 Å². The van der Waals surface area contributed by atoms with E-state index >= 15 is 0 Å². The number of hydrogen-bond donors (Lipinski definition) is 2. The second-order valence-electron chi connectivity index (χ2n) is 6.03. The highest BCUT2D eigenvalue weighted by molar-refractivity contribution is 5.98. The summed E-state index contributed by atoms with van der Waals surface area (Å²) in [4.78, 5) is 35.8. The number of nitrogens with one attached hydrogen (secondary N) is 2. The average Bonchev–Trinajstić information content (AvgIpc) is 2.70. The fourth-order valence-electron chi connectivity index (χ4n) is 2.55. The van der Waals surface area contributed by atoms with Gasteiger partial charge in [0.2, 0.25) is 5.91 Å². The summed E-state index contributed by atoms with van der Waals surface area (Å²) in [7, 11) is 1.57. The van der Waals surface area contributed by atoms with Crippen LogP contribution >= 0.6 is 0 Å². The lowest BCUT2D eigenvalue weighted by molar-refractivity contribution is -0.121. The SMILES string of the molecule is CCc1ccc(C(=O)CCC(=O)NCc2cccc(C(=O)NC)c2)cc1. The maximum Gasteiger partial charge on any atom is 0.251 e. The molecule has 0 bridgehead atoms. The Balaban J connectivity index is 1.81. The maximum absolute atomic E-state index is 12.2. The Morgan fingerprint density at radius 1 is 0.885 bits per heavy atom. The van der Waals surface area contributed by atoms with Crippen molar-refractivity contribution < 1.29 is 14.4 Å². The zero-order chi connectivity index (χ0) is 18.9. The molecule has 0 atom stereocenters.